The predicted octanol–water partition coefficient (Wildman–Crippen LogP) is 15.8. The van der Waals surface area contributed by atoms with E-state index in [4.69, 9.17) is 10.8 Å². The van der Waals surface area contributed by atoms with E-state index in [1.807, 2.05) is 109 Å². The van der Waals surface area contributed by atoms with E-state index in [0.717, 1.165) is 47.0 Å². The number of carboxylic acid groups (broad SMARTS) is 1. The predicted molar refractivity (Wildman–Crippen MR) is 364 cm³/mol. The van der Waals surface area contributed by atoms with Gasteiger partial charge in [0.05, 0.1) is 22.1 Å². The number of benzene rings is 8. The summed E-state index contributed by atoms with van der Waals surface area (Å²) >= 11 is 0. The van der Waals surface area contributed by atoms with E-state index in [9.17, 15) is 14.0 Å². The van der Waals surface area contributed by atoms with Gasteiger partial charge in [-0.2, -0.15) is 0 Å². The number of aromatic carboxylic acids is 1. The molecule has 456 valence electrons. The van der Waals surface area contributed by atoms with Crippen molar-refractivity contribution < 1.29 is 43.4 Å². The molecule has 10 nitrogen and oxygen atoms in total. The molecule has 0 aliphatic heterocycles. The van der Waals surface area contributed by atoms with E-state index in [1.54, 1.807) is 24.3 Å². The Morgan fingerprint density at radius 3 is 1.29 bits per heavy atom. The zero-order valence-electron chi connectivity index (χ0n) is 52.3. The molecule has 2 aliphatic rings. The van der Waals surface area contributed by atoms with E-state index in [-0.39, 0.29) is 48.5 Å². The summed E-state index contributed by atoms with van der Waals surface area (Å²) in [6.45, 7) is 15.0. The van der Waals surface area contributed by atoms with Crippen LogP contribution < -0.4 is 29.9 Å². The summed E-state index contributed by atoms with van der Waals surface area (Å²) in [4.78, 5) is 26.4. The molecule has 14 rings (SSSR count). The molecule has 2 fully saturated rings. The van der Waals surface area contributed by atoms with Crippen LogP contribution in [0.5, 0.6) is 0 Å². The first kappa shape index (κ1) is 69.7. The maximum Gasteiger partial charge on any atom is 1.00 e. The van der Waals surface area contributed by atoms with Crippen molar-refractivity contribution in [2.75, 3.05) is 13.1 Å². The number of nitrogens with zero attached hydrogens (tertiary/aromatic N) is 3. The third kappa shape index (κ3) is 18.4. The second kappa shape index (κ2) is 32.7. The van der Waals surface area contributed by atoms with Crippen LogP contribution in [-0.4, -0.2) is 54.2 Å². The van der Waals surface area contributed by atoms with Crippen LogP contribution in [0, 0.1) is 42.3 Å². The Morgan fingerprint density at radius 1 is 0.528 bits per heavy atom. The molecule has 0 saturated heterocycles. The Kier molecular flexibility index (Phi) is 25.6. The first-order chi connectivity index (χ1) is 41.6. The number of hydrogen-bond donors (Lipinski definition) is 4. The first-order valence-electron chi connectivity index (χ1n) is 30.0. The molecule has 0 spiro atoms. The maximum absolute atomic E-state index is 12.5. The molecule has 89 heavy (non-hydrogen) atoms. The van der Waals surface area contributed by atoms with Crippen LogP contribution in [0.1, 0.15) is 98.1 Å². The van der Waals surface area contributed by atoms with Crippen molar-refractivity contribution in [1.29, 1.82) is 0 Å². The molecule has 1 amide bonds. The number of carboxylic acids is 1. The quantitative estimate of drug-likeness (QED) is 0.112. The van der Waals surface area contributed by atoms with Crippen molar-refractivity contribution >= 4 is 67.9 Å². The SMILES string of the molecule is CC1(C)CCCC1CN.CC1(C)CCCC1CNC(=O)c1ccc(-n2ccc3ccccc32)cc1.Cc1ccc(-n2ccc3ccccc32)cc1.Cc1ccc(F)cc1.Cl.O=C(O)c1ccc(-n2ccc3ccccc32)cc1.[Li+].[OH-].c1ccc2[nH]ccc2c1. The Morgan fingerprint density at radius 2 is 0.910 bits per heavy atom. The summed E-state index contributed by atoms with van der Waals surface area (Å²) in [5, 5.41) is 16.9. The summed E-state index contributed by atoms with van der Waals surface area (Å²) in [7, 11) is 0. The number of para-hydroxylation sites is 4. The van der Waals surface area contributed by atoms with Crippen molar-refractivity contribution in [2.45, 2.75) is 80.1 Å². The average molecular weight is 1210 g/mol. The summed E-state index contributed by atoms with van der Waals surface area (Å²) in [5.41, 5.74) is 17.9. The van der Waals surface area contributed by atoms with Gasteiger partial charge in [0, 0.05) is 59.5 Å². The number of fused-ring (bicyclic) bond motifs is 4. The standard InChI is InChI=1S/C23H26N2O.C15H11NO2.C15H13N.C8H7N.C8H17N.C7H7F.ClH.Li.H2O/c1-23(2)14-5-7-19(23)16-24-22(26)18-9-11-20(12-10-18)25-15-13-17-6-3-4-8-21(17)25;17-15(18)12-5-7-13(8-6-12)16-10-9-11-3-1-2-4-14(11)16;1-12-6-8-14(9-7-12)16-11-10-13-4-2-3-5-15(13)16;1-2-4-8-7(3-1)5-6-9-8;1-8(2)5-3-4-7(8)6-9;1-6-2-4-7(8)5-3-6;;;/h3-4,6,8-13,15,19H,5,7,14,16H2,1-2H3,(H,24,26);1-10H,(H,17,18);2-11H,1H3;1-6,9H;7H,3-6,9H2,1-2H3;2-5H,1H3;1H;;1H2/q;;;;;;;+1;/p-1. The fourth-order valence-electron chi connectivity index (χ4n) is 11.6. The number of halogens is 2. The van der Waals surface area contributed by atoms with E-state index in [0.29, 0.717) is 22.3 Å². The molecule has 13 heteroatoms. The van der Waals surface area contributed by atoms with Crippen LogP contribution in [0.3, 0.4) is 0 Å². The largest absolute Gasteiger partial charge is 1.00 e. The number of rotatable bonds is 8. The Bertz CT molecular complexity index is 4060. The van der Waals surface area contributed by atoms with Gasteiger partial charge in [0.2, 0.25) is 0 Å². The van der Waals surface area contributed by atoms with Gasteiger partial charge in [-0.15, -0.1) is 12.4 Å². The number of aromatic nitrogens is 4. The second-order valence-electron chi connectivity index (χ2n) is 23.9. The van der Waals surface area contributed by atoms with E-state index in [1.165, 1.54) is 100 Å². The Labute approximate surface area is 541 Å². The van der Waals surface area contributed by atoms with Gasteiger partial charge in [0.25, 0.3) is 5.91 Å². The van der Waals surface area contributed by atoms with Gasteiger partial charge in [-0.25, -0.2) is 9.18 Å². The number of aryl methyl sites for hydroxylation is 2. The fraction of sp³-hybridized carbons (Fsp3) is 0.237. The molecule has 8 aromatic carbocycles. The fourth-order valence-corrected chi connectivity index (χ4v) is 11.6. The number of amides is 1. The number of carbonyl (C=O) groups excluding carboxylic acids is 1. The third-order valence-corrected chi connectivity index (χ3v) is 17.1. The van der Waals surface area contributed by atoms with Crippen molar-refractivity contribution in [2.24, 2.45) is 28.4 Å². The molecule has 0 bridgehead atoms. The maximum atomic E-state index is 12.5. The van der Waals surface area contributed by atoms with E-state index < -0.39 is 5.97 Å². The van der Waals surface area contributed by atoms with Crippen LogP contribution in [0.4, 0.5) is 4.39 Å². The monoisotopic (exact) mass is 1200 g/mol. The molecule has 4 heterocycles. The van der Waals surface area contributed by atoms with Crippen LogP contribution >= 0.6 is 12.4 Å². The van der Waals surface area contributed by atoms with Crippen molar-refractivity contribution in [3.8, 4) is 17.1 Å². The summed E-state index contributed by atoms with van der Waals surface area (Å²) in [5.74, 6) is 0.320. The minimum atomic E-state index is -0.904. The smallest absolute Gasteiger partial charge is 0.870 e. The van der Waals surface area contributed by atoms with Gasteiger partial charge in [0.15, 0.2) is 0 Å². The van der Waals surface area contributed by atoms with Gasteiger partial charge in [-0.3, -0.25) is 4.79 Å². The summed E-state index contributed by atoms with van der Waals surface area (Å²) in [6, 6.07) is 71.1. The van der Waals surface area contributed by atoms with Gasteiger partial charge >= 0.3 is 24.8 Å². The summed E-state index contributed by atoms with van der Waals surface area (Å²) < 4.78 is 18.5. The number of H-pyrrole nitrogens is 1. The van der Waals surface area contributed by atoms with Gasteiger partial charge in [0.1, 0.15) is 5.82 Å². The zero-order chi connectivity index (χ0) is 60.6. The van der Waals surface area contributed by atoms with Crippen LogP contribution in [0.25, 0.3) is 60.7 Å². The van der Waals surface area contributed by atoms with Crippen LogP contribution in [-0.2, 0) is 0 Å². The molecule has 2 saturated carbocycles. The number of nitrogens with two attached hydrogens (primary N) is 1. The topological polar surface area (TPSA) is 153 Å². The molecule has 2 atom stereocenters. The first-order valence-corrected chi connectivity index (χ1v) is 30.0. The third-order valence-electron chi connectivity index (χ3n) is 17.1. The molecule has 12 aromatic rings. The summed E-state index contributed by atoms with van der Waals surface area (Å²) in [6.07, 6.45) is 16.0. The number of carbonyl (C=O) groups is 2. The van der Waals surface area contributed by atoms with Gasteiger partial charge < -0.3 is 40.3 Å². The zero-order valence-corrected chi connectivity index (χ0v) is 53.1. The molecule has 6 N–H and O–H groups in total. The molecule has 4 aromatic heterocycles. The molecule has 2 aliphatic carbocycles. The number of hydrogen-bond acceptors (Lipinski definition) is 4. The van der Waals surface area contributed by atoms with Gasteiger partial charge in [-0.1, -0.05) is 149 Å². The van der Waals surface area contributed by atoms with Crippen molar-refractivity contribution in [3.05, 3.63) is 271 Å². The molecular formula is C76H83ClFLiN6O4. The average Bonchev–Trinajstić information content (AvgIpc) is 2.66. The van der Waals surface area contributed by atoms with Crippen molar-refractivity contribution in [1.82, 2.24) is 24.0 Å². The number of nitrogens with one attached hydrogen (secondary N) is 2. The Hall–Kier alpha value is -8.40. The number of aromatic amines is 1. The minimum absolute atomic E-state index is 0. The van der Waals surface area contributed by atoms with E-state index >= 15 is 0 Å². The van der Waals surface area contributed by atoms with Gasteiger partial charge in [-0.05, 0) is 212 Å². The van der Waals surface area contributed by atoms with Crippen LogP contribution in [0.15, 0.2) is 243 Å². The minimum Gasteiger partial charge on any atom is -0.870 e. The Balaban J connectivity index is 0.000000178. The molecule has 2 unspecified atom stereocenters. The van der Waals surface area contributed by atoms with E-state index in [2.05, 4.69) is 164 Å². The molecular weight excluding hydrogens is 1120 g/mol. The second-order valence-corrected chi connectivity index (χ2v) is 23.9. The normalized spacial score (nSPS) is 14.8. The van der Waals surface area contributed by atoms with Crippen molar-refractivity contribution in [3.63, 3.8) is 0 Å². The molecule has 0 radical (unpaired) electrons. The van der Waals surface area contributed by atoms with Crippen LogP contribution in [0.2, 0.25) is 0 Å².